The van der Waals surface area contributed by atoms with E-state index in [0.29, 0.717) is 12.2 Å². The van der Waals surface area contributed by atoms with Crippen LogP contribution in [-0.2, 0) is 14.3 Å². The summed E-state index contributed by atoms with van der Waals surface area (Å²) in [5.41, 5.74) is 0.519. The van der Waals surface area contributed by atoms with Crippen molar-refractivity contribution in [2.24, 2.45) is 11.8 Å². The predicted molar refractivity (Wildman–Crippen MR) is 60.7 cm³/mol. The molecule has 0 radical (unpaired) electrons. The molecule has 0 spiro atoms. The fourth-order valence-electron chi connectivity index (χ4n) is 1.74. The summed E-state index contributed by atoms with van der Waals surface area (Å²) in [6.07, 6.45) is 4.47. The molecular weight excluding hydrogens is 206 g/mol. The minimum Gasteiger partial charge on any atom is -0.466 e. The van der Waals surface area contributed by atoms with Gasteiger partial charge in [0.05, 0.1) is 12.5 Å². The highest BCUT2D eigenvalue weighted by Crippen LogP contribution is 2.40. The first-order valence-corrected chi connectivity index (χ1v) is 5.60. The van der Waals surface area contributed by atoms with Crippen molar-refractivity contribution in [2.45, 2.75) is 19.8 Å². The van der Waals surface area contributed by atoms with Gasteiger partial charge in [-0.05, 0) is 25.7 Å². The molecule has 0 aromatic heterocycles. The van der Waals surface area contributed by atoms with Crippen LogP contribution in [0.25, 0.3) is 0 Å². The lowest BCUT2D eigenvalue weighted by Crippen LogP contribution is -2.24. The average molecular weight is 225 g/mol. The number of rotatable bonds is 6. The van der Waals surface area contributed by atoms with Gasteiger partial charge in [-0.25, -0.2) is 0 Å². The summed E-state index contributed by atoms with van der Waals surface area (Å²) >= 11 is 0. The van der Waals surface area contributed by atoms with E-state index < -0.39 is 0 Å². The highest BCUT2D eigenvalue weighted by atomic mass is 16.5. The van der Waals surface area contributed by atoms with Gasteiger partial charge in [0.15, 0.2) is 0 Å². The van der Waals surface area contributed by atoms with Gasteiger partial charge < -0.3 is 9.64 Å². The molecule has 0 aromatic carbocycles. The first-order chi connectivity index (χ1) is 7.60. The molecule has 0 saturated heterocycles. The lowest BCUT2D eigenvalue weighted by molar-refractivity contribution is -0.147. The van der Waals surface area contributed by atoms with Crippen LogP contribution in [0.5, 0.6) is 0 Å². The van der Waals surface area contributed by atoms with Gasteiger partial charge in [-0.3, -0.25) is 9.59 Å². The van der Waals surface area contributed by atoms with Crippen LogP contribution < -0.4 is 0 Å². The highest BCUT2D eigenvalue weighted by Gasteiger charge is 2.39. The maximum Gasteiger partial charge on any atom is 0.313 e. The molecule has 1 fully saturated rings. The first-order valence-electron chi connectivity index (χ1n) is 5.60. The quantitative estimate of drug-likeness (QED) is 0.387. The van der Waals surface area contributed by atoms with Crippen LogP contribution in [0.15, 0.2) is 11.8 Å². The molecular formula is C12H19NO3. The Hall–Kier alpha value is -1.32. The molecule has 4 nitrogen and oxygen atoms in total. The second kappa shape index (κ2) is 5.68. The standard InChI is InChI=1S/C12H19NO3/c1-4-16-12(15)11(9-5-6-9)10(8-14)7-13(2)3/h7-9,11H,4-6H2,1-3H3. The molecule has 1 rings (SSSR count). The highest BCUT2D eigenvalue weighted by molar-refractivity contribution is 5.87. The zero-order valence-electron chi connectivity index (χ0n) is 10.1. The number of nitrogens with zero attached hydrogens (tertiary/aromatic N) is 1. The van der Waals surface area contributed by atoms with Gasteiger partial charge in [0.2, 0.25) is 0 Å². The van der Waals surface area contributed by atoms with Crippen molar-refractivity contribution in [3.8, 4) is 0 Å². The summed E-state index contributed by atoms with van der Waals surface area (Å²) in [6, 6.07) is 0. The summed E-state index contributed by atoms with van der Waals surface area (Å²) in [5, 5.41) is 0. The molecule has 0 bridgehead atoms. The second-order valence-corrected chi connectivity index (χ2v) is 4.28. The van der Waals surface area contributed by atoms with E-state index >= 15 is 0 Å². The third-order valence-electron chi connectivity index (χ3n) is 2.54. The van der Waals surface area contributed by atoms with E-state index in [9.17, 15) is 9.59 Å². The largest absolute Gasteiger partial charge is 0.466 e. The van der Waals surface area contributed by atoms with Gasteiger partial charge in [0.25, 0.3) is 0 Å². The van der Waals surface area contributed by atoms with Crippen molar-refractivity contribution in [3.05, 3.63) is 11.8 Å². The number of carbonyl (C=O) groups excluding carboxylic acids is 2. The number of esters is 1. The average Bonchev–Trinajstić information content (AvgIpc) is 3.00. The summed E-state index contributed by atoms with van der Waals surface area (Å²) in [5.74, 6) is -0.361. The van der Waals surface area contributed by atoms with Crippen LogP contribution in [0.2, 0.25) is 0 Å². The van der Waals surface area contributed by atoms with E-state index in [1.807, 2.05) is 14.1 Å². The lowest BCUT2D eigenvalue weighted by atomic mass is 9.95. The van der Waals surface area contributed by atoms with E-state index in [0.717, 1.165) is 19.1 Å². The Morgan fingerprint density at radius 1 is 1.50 bits per heavy atom. The monoisotopic (exact) mass is 225 g/mol. The lowest BCUT2D eigenvalue weighted by Gasteiger charge is -2.16. The van der Waals surface area contributed by atoms with E-state index in [2.05, 4.69) is 0 Å². The van der Waals surface area contributed by atoms with Gasteiger partial charge in [-0.2, -0.15) is 0 Å². The smallest absolute Gasteiger partial charge is 0.313 e. The normalized spacial score (nSPS) is 17.8. The van der Waals surface area contributed by atoms with Gasteiger partial charge in [0, 0.05) is 25.9 Å². The Bertz CT molecular complexity index is 293. The molecule has 0 aromatic rings. The van der Waals surface area contributed by atoms with Crippen LogP contribution in [0.3, 0.4) is 0 Å². The van der Waals surface area contributed by atoms with Crippen molar-refractivity contribution >= 4 is 12.3 Å². The van der Waals surface area contributed by atoms with Crippen LogP contribution in [0, 0.1) is 11.8 Å². The third kappa shape index (κ3) is 3.36. The van der Waals surface area contributed by atoms with Crippen LogP contribution >= 0.6 is 0 Å². The number of hydrogen-bond donors (Lipinski definition) is 0. The molecule has 16 heavy (non-hydrogen) atoms. The molecule has 1 saturated carbocycles. The van der Waals surface area contributed by atoms with Crippen molar-refractivity contribution in [3.63, 3.8) is 0 Å². The van der Waals surface area contributed by atoms with Crippen molar-refractivity contribution in [1.82, 2.24) is 4.90 Å². The zero-order chi connectivity index (χ0) is 12.1. The van der Waals surface area contributed by atoms with Crippen molar-refractivity contribution < 1.29 is 14.3 Å². The van der Waals surface area contributed by atoms with E-state index in [4.69, 9.17) is 4.74 Å². The van der Waals surface area contributed by atoms with Gasteiger partial charge in [0.1, 0.15) is 6.29 Å². The molecule has 1 aliphatic carbocycles. The number of aldehydes is 1. The maximum atomic E-state index is 11.8. The Balaban J connectivity index is 2.82. The molecule has 4 heteroatoms. The van der Waals surface area contributed by atoms with Crippen molar-refractivity contribution in [2.75, 3.05) is 20.7 Å². The summed E-state index contributed by atoms with van der Waals surface area (Å²) in [4.78, 5) is 24.6. The summed E-state index contributed by atoms with van der Waals surface area (Å²) in [7, 11) is 3.66. The zero-order valence-corrected chi connectivity index (χ0v) is 10.1. The number of hydrogen-bond acceptors (Lipinski definition) is 4. The maximum absolute atomic E-state index is 11.8. The third-order valence-corrected chi connectivity index (χ3v) is 2.54. The van der Waals surface area contributed by atoms with Crippen molar-refractivity contribution in [1.29, 1.82) is 0 Å². The van der Waals surface area contributed by atoms with Gasteiger partial charge in [-0.1, -0.05) is 0 Å². The minimum absolute atomic E-state index is 0.273. The Labute approximate surface area is 96.3 Å². The first kappa shape index (κ1) is 12.7. The summed E-state index contributed by atoms with van der Waals surface area (Å²) < 4.78 is 5.01. The fraction of sp³-hybridized carbons (Fsp3) is 0.667. The topological polar surface area (TPSA) is 46.6 Å². The van der Waals surface area contributed by atoms with Crippen LogP contribution in [-0.4, -0.2) is 37.9 Å². The molecule has 0 N–H and O–H groups in total. The SMILES string of the molecule is CCOC(=O)C(C(C=O)=CN(C)C)C1CC1. The molecule has 1 atom stereocenters. The van der Waals surface area contributed by atoms with E-state index in [1.54, 1.807) is 18.0 Å². The second-order valence-electron chi connectivity index (χ2n) is 4.28. The molecule has 1 aliphatic rings. The predicted octanol–water partition coefficient (Wildman–Crippen LogP) is 1.22. The fourth-order valence-corrected chi connectivity index (χ4v) is 1.74. The van der Waals surface area contributed by atoms with Crippen LogP contribution in [0.1, 0.15) is 19.8 Å². The van der Waals surface area contributed by atoms with Gasteiger partial charge >= 0.3 is 5.97 Å². The molecule has 90 valence electrons. The van der Waals surface area contributed by atoms with E-state index in [1.165, 1.54) is 0 Å². The minimum atomic E-state index is -0.375. The Morgan fingerprint density at radius 3 is 2.50 bits per heavy atom. The molecule has 0 amide bonds. The molecule has 0 heterocycles. The Kier molecular flexibility index (Phi) is 4.52. The number of ether oxygens (including phenoxy) is 1. The van der Waals surface area contributed by atoms with Crippen LogP contribution in [0.4, 0.5) is 0 Å². The number of carbonyl (C=O) groups is 2. The van der Waals surface area contributed by atoms with Gasteiger partial charge in [-0.15, -0.1) is 0 Å². The summed E-state index contributed by atoms with van der Waals surface area (Å²) in [6.45, 7) is 2.13. The molecule has 0 aliphatic heterocycles. The van der Waals surface area contributed by atoms with E-state index in [-0.39, 0.29) is 17.8 Å². The molecule has 1 unspecified atom stereocenters. The Morgan fingerprint density at radius 2 is 2.12 bits per heavy atom.